The highest BCUT2D eigenvalue weighted by Gasteiger charge is 2.20. The summed E-state index contributed by atoms with van der Waals surface area (Å²) < 4.78 is 2.65. The van der Waals surface area contributed by atoms with Gasteiger partial charge in [-0.25, -0.2) is 0 Å². The monoisotopic (exact) mass is 974 g/mol. The molecule has 0 aliphatic heterocycles. The Kier molecular flexibility index (Phi) is 10.9. The number of anilines is 6. The molecule has 14 aromatic rings. The minimum Gasteiger partial charge on any atom is -0.310 e. The maximum Gasteiger partial charge on any atom is 0.0468 e. The molecule has 1 aromatic heterocycles. The molecule has 0 saturated carbocycles. The number of rotatable bonds is 9. The zero-order valence-electron chi connectivity index (χ0n) is 41.7. The second kappa shape index (κ2) is 18.3. The van der Waals surface area contributed by atoms with Crippen LogP contribution in [0.1, 0.15) is 11.1 Å². The first kappa shape index (κ1) is 44.4. The van der Waals surface area contributed by atoms with Gasteiger partial charge in [-0.2, -0.15) is 0 Å². The zero-order chi connectivity index (χ0) is 50.0. The smallest absolute Gasteiger partial charge is 0.0468 e. The number of para-hydroxylation sites is 2. The summed E-state index contributed by atoms with van der Waals surface area (Å²) in [6, 6.07) is 98.3. The summed E-state index contributed by atoms with van der Waals surface area (Å²) >= 11 is 1.87. The molecule has 0 saturated heterocycles. The number of hydrogen-bond donors (Lipinski definition) is 0. The third-order valence-electron chi connectivity index (χ3n) is 15.3. The fourth-order valence-electron chi connectivity index (χ4n) is 11.7. The van der Waals surface area contributed by atoms with Crippen LogP contribution in [0.5, 0.6) is 0 Å². The topological polar surface area (TPSA) is 6.48 Å². The summed E-state index contributed by atoms with van der Waals surface area (Å²) in [4.78, 5) is 4.76. The van der Waals surface area contributed by atoms with Crippen LogP contribution in [0.15, 0.2) is 267 Å². The van der Waals surface area contributed by atoms with Crippen molar-refractivity contribution in [2.45, 2.75) is 13.8 Å². The lowest BCUT2D eigenvalue weighted by molar-refractivity contribution is 1.26. The van der Waals surface area contributed by atoms with Crippen LogP contribution in [0.4, 0.5) is 34.1 Å². The van der Waals surface area contributed by atoms with E-state index in [0.717, 1.165) is 34.1 Å². The average molecular weight is 975 g/mol. The van der Waals surface area contributed by atoms with E-state index in [1.807, 2.05) is 11.3 Å². The highest BCUT2D eigenvalue weighted by atomic mass is 32.1. The van der Waals surface area contributed by atoms with Crippen LogP contribution in [-0.4, -0.2) is 0 Å². The van der Waals surface area contributed by atoms with E-state index < -0.39 is 0 Å². The van der Waals surface area contributed by atoms with Gasteiger partial charge in [-0.05, 0) is 192 Å². The molecule has 13 aromatic carbocycles. The first-order chi connectivity index (χ1) is 37.0. The predicted molar refractivity (Wildman–Crippen MR) is 325 cm³/mol. The molecule has 0 amide bonds. The standard InChI is InChI=1S/C72H50N2S/c1-47-43-54(73(51-17-5-3-6-18-51)52-19-7-4-8-20-52)34-37-57(47)58-38-35-55(44-48(58)2)74(56-36-39-67-65-25-12-11-23-63(65)64-24-13-14-26-66(64)69(67)46-56)53-32-29-49(30-33-53)59-40-41-60(62-22-10-9-21-61(59)62)50-31-42-72-70(45-50)68-27-15-16-28-71(68)75-72/h3-46H,1-2H3. The van der Waals surface area contributed by atoms with Gasteiger partial charge in [0, 0.05) is 54.3 Å². The molecule has 0 spiro atoms. The number of nitrogens with zero attached hydrogens (tertiary/aromatic N) is 2. The van der Waals surface area contributed by atoms with Crippen LogP contribution >= 0.6 is 11.3 Å². The minimum absolute atomic E-state index is 1.09. The van der Waals surface area contributed by atoms with E-state index in [-0.39, 0.29) is 0 Å². The van der Waals surface area contributed by atoms with Crippen LogP contribution in [-0.2, 0) is 0 Å². The molecule has 0 aliphatic carbocycles. The van der Waals surface area contributed by atoms with Gasteiger partial charge in [0.15, 0.2) is 0 Å². The predicted octanol–water partition coefficient (Wildman–Crippen LogP) is 21.2. The van der Waals surface area contributed by atoms with Crippen molar-refractivity contribution in [3.8, 4) is 33.4 Å². The van der Waals surface area contributed by atoms with E-state index in [0.29, 0.717) is 0 Å². The summed E-state index contributed by atoms with van der Waals surface area (Å²) in [5, 5.41) is 12.7. The van der Waals surface area contributed by atoms with Crippen molar-refractivity contribution in [1.29, 1.82) is 0 Å². The van der Waals surface area contributed by atoms with Gasteiger partial charge >= 0.3 is 0 Å². The molecule has 0 aliphatic rings. The summed E-state index contributed by atoms with van der Waals surface area (Å²) in [6.07, 6.45) is 0. The van der Waals surface area contributed by atoms with Gasteiger partial charge in [0.1, 0.15) is 0 Å². The van der Waals surface area contributed by atoms with Gasteiger partial charge in [0.25, 0.3) is 0 Å². The largest absolute Gasteiger partial charge is 0.310 e. The number of aryl methyl sites for hydroxylation is 2. The number of fused-ring (bicyclic) bond motifs is 10. The van der Waals surface area contributed by atoms with Crippen molar-refractivity contribution < 1.29 is 0 Å². The van der Waals surface area contributed by atoms with Crippen molar-refractivity contribution in [3.05, 3.63) is 278 Å². The molecule has 3 heteroatoms. The van der Waals surface area contributed by atoms with Crippen molar-refractivity contribution in [3.63, 3.8) is 0 Å². The number of thiophene rings is 1. The summed E-state index contributed by atoms with van der Waals surface area (Å²) in [5.41, 5.74) is 16.4. The van der Waals surface area contributed by atoms with Gasteiger partial charge in [-0.3, -0.25) is 0 Å². The summed E-state index contributed by atoms with van der Waals surface area (Å²) in [5.74, 6) is 0. The minimum atomic E-state index is 1.09. The Morgan fingerprint density at radius 2 is 0.600 bits per heavy atom. The maximum atomic E-state index is 2.43. The zero-order valence-corrected chi connectivity index (χ0v) is 42.5. The van der Waals surface area contributed by atoms with E-state index in [9.17, 15) is 0 Å². The van der Waals surface area contributed by atoms with Crippen LogP contribution in [0, 0.1) is 13.8 Å². The second-order valence-electron chi connectivity index (χ2n) is 19.7. The van der Waals surface area contributed by atoms with E-state index in [1.165, 1.54) is 108 Å². The number of benzene rings is 13. The van der Waals surface area contributed by atoms with Crippen LogP contribution in [0.25, 0.3) is 96.6 Å². The van der Waals surface area contributed by atoms with E-state index in [2.05, 4.69) is 291 Å². The molecule has 75 heavy (non-hydrogen) atoms. The third-order valence-corrected chi connectivity index (χ3v) is 16.4. The van der Waals surface area contributed by atoms with Crippen LogP contribution < -0.4 is 9.80 Å². The maximum absolute atomic E-state index is 2.43. The molecule has 0 bridgehead atoms. The Hall–Kier alpha value is -9.28. The Morgan fingerprint density at radius 3 is 1.16 bits per heavy atom. The molecule has 0 fully saturated rings. The lowest BCUT2D eigenvalue weighted by Crippen LogP contribution is -2.11. The summed E-state index contributed by atoms with van der Waals surface area (Å²) in [7, 11) is 0. The van der Waals surface area contributed by atoms with Gasteiger partial charge < -0.3 is 9.80 Å². The fourth-order valence-corrected chi connectivity index (χ4v) is 12.8. The quantitative estimate of drug-likeness (QED) is 0.133. The van der Waals surface area contributed by atoms with Crippen LogP contribution in [0.3, 0.4) is 0 Å². The SMILES string of the molecule is Cc1cc(N(c2ccccc2)c2ccccc2)ccc1-c1ccc(N(c2ccc(-c3ccc(-c4ccc5sc6ccccc6c5c4)c4ccccc34)cc2)c2ccc3c4ccccc4c4ccccc4c3c2)cc1C. The Bertz CT molecular complexity index is 4420. The Labute approximate surface area is 441 Å². The average Bonchev–Trinajstić information content (AvgIpc) is 3.84. The molecular formula is C72H50N2S. The van der Waals surface area contributed by atoms with Gasteiger partial charge in [0.05, 0.1) is 0 Å². The molecular weight excluding hydrogens is 925 g/mol. The molecule has 0 N–H and O–H groups in total. The second-order valence-corrected chi connectivity index (χ2v) is 20.8. The van der Waals surface area contributed by atoms with E-state index >= 15 is 0 Å². The summed E-state index contributed by atoms with van der Waals surface area (Å²) in [6.45, 7) is 4.49. The van der Waals surface area contributed by atoms with Crippen molar-refractivity contribution in [2.24, 2.45) is 0 Å². The van der Waals surface area contributed by atoms with Gasteiger partial charge in [0.2, 0.25) is 0 Å². The molecule has 1 heterocycles. The van der Waals surface area contributed by atoms with Gasteiger partial charge in [-0.15, -0.1) is 11.3 Å². The fraction of sp³-hybridized carbons (Fsp3) is 0.0278. The van der Waals surface area contributed by atoms with Crippen molar-refractivity contribution in [1.82, 2.24) is 0 Å². The molecule has 0 atom stereocenters. The lowest BCUT2D eigenvalue weighted by atomic mass is 9.91. The lowest BCUT2D eigenvalue weighted by Gasteiger charge is -2.28. The Balaban J connectivity index is 0.872. The van der Waals surface area contributed by atoms with Gasteiger partial charge in [-0.1, -0.05) is 176 Å². The molecule has 0 radical (unpaired) electrons. The highest BCUT2D eigenvalue weighted by Crippen LogP contribution is 2.45. The van der Waals surface area contributed by atoms with E-state index in [4.69, 9.17) is 0 Å². The van der Waals surface area contributed by atoms with Crippen LogP contribution in [0.2, 0.25) is 0 Å². The Morgan fingerprint density at radius 1 is 0.227 bits per heavy atom. The molecule has 0 unspecified atom stereocenters. The molecule has 2 nitrogen and oxygen atoms in total. The third kappa shape index (κ3) is 7.71. The molecule has 14 rings (SSSR count). The number of hydrogen-bond acceptors (Lipinski definition) is 3. The van der Waals surface area contributed by atoms with Crippen molar-refractivity contribution in [2.75, 3.05) is 9.80 Å². The molecule has 354 valence electrons. The first-order valence-corrected chi connectivity index (χ1v) is 26.6. The van der Waals surface area contributed by atoms with Crippen molar-refractivity contribution >= 4 is 109 Å². The first-order valence-electron chi connectivity index (χ1n) is 25.8. The highest BCUT2D eigenvalue weighted by molar-refractivity contribution is 7.25. The normalized spacial score (nSPS) is 11.6. The van der Waals surface area contributed by atoms with E-state index in [1.54, 1.807) is 0 Å².